The van der Waals surface area contributed by atoms with E-state index in [1.807, 2.05) is 36.4 Å². The molecular weight excluding hydrogens is 328 g/mol. The summed E-state index contributed by atoms with van der Waals surface area (Å²) < 4.78 is 11.3. The van der Waals surface area contributed by atoms with Crippen molar-refractivity contribution in [2.24, 2.45) is 5.73 Å². The number of ketones is 1. The van der Waals surface area contributed by atoms with Gasteiger partial charge in [0, 0.05) is 24.0 Å². The van der Waals surface area contributed by atoms with Crippen molar-refractivity contribution in [1.29, 1.82) is 5.26 Å². The maximum Gasteiger partial charge on any atom is 0.205 e. The van der Waals surface area contributed by atoms with Crippen molar-refractivity contribution >= 4 is 16.6 Å². The van der Waals surface area contributed by atoms with Crippen LogP contribution in [0.4, 0.5) is 0 Å². The van der Waals surface area contributed by atoms with Crippen molar-refractivity contribution < 1.29 is 14.3 Å². The van der Waals surface area contributed by atoms with E-state index < -0.39 is 5.92 Å². The molecule has 0 unspecified atom stereocenters. The number of allylic oxidation sites excluding steroid dienone is 3. The molecule has 1 heterocycles. The molecule has 5 heteroatoms. The zero-order valence-corrected chi connectivity index (χ0v) is 14.4. The van der Waals surface area contributed by atoms with Gasteiger partial charge in [-0.3, -0.25) is 4.79 Å². The molecule has 130 valence electrons. The molecule has 26 heavy (non-hydrogen) atoms. The number of carbonyl (C=O) groups is 1. The molecule has 4 rings (SSSR count). The lowest BCUT2D eigenvalue weighted by Crippen LogP contribution is -2.27. The van der Waals surface area contributed by atoms with E-state index in [1.165, 1.54) is 0 Å². The quantitative estimate of drug-likeness (QED) is 0.897. The first-order valence-corrected chi connectivity index (χ1v) is 8.55. The number of ether oxygens (including phenoxy) is 2. The van der Waals surface area contributed by atoms with Crippen LogP contribution in [0.3, 0.4) is 0 Å². The first kappa shape index (κ1) is 16.2. The molecule has 5 nitrogen and oxygen atoms in total. The second-order valence-electron chi connectivity index (χ2n) is 6.44. The number of nitriles is 1. The summed E-state index contributed by atoms with van der Waals surface area (Å²) in [7, 11) is 1.59. The van der Waals surface area contributed by atoms with Crippen molar-refractivity contribution in [3.8, 4) is 11.8 Å². The van der Waals surface area contributed by atoms with Crippen LogP contribution in [0.25, 0.3) is 10.8 Å². The van der Waals surface area contributed by atoms with Gasteiger partial charge >= 0.3 is 0 Å². The second kappa shape index (κ2) is 6.23. The van der Waals surface area contributed by atoms with Gasteiger partial charge in [0.2, 0.25) is 5.88 Å². The van der Waals surface area contributed by atoms with Crippen LogP contribution in [0.5, 0.6) is 5.75 Å². The van der Waals surface area contributed by atoms with E-state index in [-0.39, 0.29) is 17.2 Å². The standard InChI is InChI=1S/C21H18N2O3/c1-25-16-10-9-12-5-2-3-6-13(12)18(16)19-14(11-22)21(23)26-17-8-4-7-15(24)20(17)19/h2-3,5-6,9-10,19H,4,7-8,23H2,1H3/t19-/m1/s1. The van der Waals surface area contributed by atoms with Crippen molar-refractivity contribution in [3.63, 3.8) is 0 Å². The fraction of sp³-hybridized carbons (Fsp3) is 0.238. The zero-order chi connectivity index (χ0) is 18.3. The Morgan fingerprint density at radius 1 is 1.23 bits per heavy atom. The maximum atomic E-state index is 12.8. The van der Waals surface area contributed by atoms with Crippen LogP contribution in [0.15, 0.2) is 59.2 Å². The van der Waals surface area contributed by atoms with E-state index in [2.05, 4.69) is 6.07 Å². The van der Waals surface area contributed by atoms with Crippen LogP contribution >= 0.6 is 0 Å². The van der Waals surface area contributed by atoms with E-state index in [9.17, 15) is 10.1 Å². The maximum absolute atomic E-state index is 12.8. The number of Topliss-reactive ketones (excluding diaryl/α,β-unsaturated/α-hetero) is 1. The summed E-state index contributed by atoms with van der Waals surface area (Å²) in [6.07, 6.45) is 1.82. The lowest BCUT2D eigenvalue weighted by atomic mass is 9.76. The predicted molar refractivity (Wildman–Crippen MR) is 97.0 cm³/mol. The molecule has 1 atom stereocenters. The molecule has 1 aliphatic carbocycles. The van der Waals surface area contributed by atoms with Gasteiger partial charge in [0.1, 0.15) is 23.2 Å². The summed E-state index contributed by atoms with van der Waals surface area (Å²) in [4.78, 5) is 12.8. The number of nitrogens with two attached hydrogens (primary N) is 1. The lowest BCUT2D eigenvalue weighted by Gasteiger charge is -2.32. The third kappa shape index (κ3) is 2.34. The number of hydrogen-bond acceptors (Lipinski definition) is 5. The van der Waals surface area contributed by atoms with Gasteiger partial charge in [-0.25, -0.2) is 0 Å². The Morgan fingerprint density at radius 3 is 2.81 bits per heavy atom. The summed E-state index contributed by atoms with van der Waals surface area (Å²) in [5.41, 5.74) is 7.64. The average molecular weight is 346 g/mol. The zero-order valence-electron chi connectivity index (χ0n) is 14.4. The van der Waals surface area contributed by atoms with Crippen LogP contribution in [0, 0.1) is 11.3 Å². The van der Waals surface area contributed by atoms with Gasteiger partial charge in [-0.15, -0.1) is 0 Å². The fourth-order valence-electron chi connectivity index (χ4n) is 3.90. The Labute approximate surface area is 151 Å². The SMILES string of the molecule is COc1ccc2ccccc2c1[C@H]1C(C#N)=C(N)OC2=C1C(=O)CCC2. The van der Waals surface area contributed by atoms with Crippen LogP contribution in [0.1, 0.15) is 30.7 Å². The van der Waals surface area contributed by atoms with Crippen molar-refractivity contribution in [3.05, 3.63) is 64.8 Å². The molecule has 0 spiro atoms. The first-order valence-electron chi connectivity index (χ1n) is 8.55. The monoisotopic (exact) mass is 346 g/mol. The Balaban J connectivity index is 2.07. The predicted octanol–water partition coefficient (Wildman–Crippen LogP) is 3.66. The Hall–Kier alpha value is -3.26. The third-order valence-corrected chi connectivity index (χ3v) is 5.04. The smallest absolute Gasteiger partial charge is 0.205 e. The molecule has 0 fully saturated rings. The van der Waals surface area contributed by atoms with E-state index >= 15 is 0 Å². The fourth-order valence-corrected chi connectivity index (χ4v) is 3.90. The number of carbonyl (C=O) groups excluding carboxylic acids is 1. The van der Waals surface area contributed by atoms with Crippen LogP contribution < -0.4 is 10.5 Å². The molecule has 0 aromatic heterocycles. The van der Waals surface area contributed by atoms with Gasteiger partial charge in [-0.05, 0) is 23.3 Å². The van der Waals surface area contributed by atoms with Gasteiger partial charge in [0.25, 0.3) is 0 Å². The van der Waals surface area contributed by atoms with E-state index in [0.717, 1.165) is 22.8 Å². The van der Waals surface area contributed by atoms with Crippen LogP contribution in [0.2, 0.25) is 0 Å². The molecule has 2 aromatic carbocycles. The second-order valence-corrected chi connectivity index (χ2v) is 6.44. The molecule has 2 aliphatic rings. The molecule has 0 saturated carbocycles. The molecule has 2 aromatic rings. The summed E-state index contributed by atoms with van der Waals surface area (Å²) in [5.74, 6) is 0.712. The molecule has 0 saturated heterocycles. The number of nitrogens with zero attached hydrogens (tertiary/aromatic N) is 1. The van der Waals surface area contributed by atoms with Gasteiger partial charge in [0.15, 0.2) is 5.78 Å². The van der Waals surface area contributed by atoms with Crippen molar-refractivity contribution in [2.75, 3.05) is 7.11 Å². The largest absolute Gasteiger partial charge is 0.496 e. The highest BCUT2D eigenvalue weighted by Gasteiger charge is 2.40. The molecule has 0 amide bonds. The van der Waals surface area contributed by atoms with Crippen molar-refractivity contribution in [1.82, 2.24) is 0 Å². The van der Waals surface area contributed by atoms with Gasteiger partial charge in [-0.2, -0.15) is 5.26 Å². The normalized spacial score (nSPS) is 19.8. The minimum Gasteiger partial charge on any atom is -0.496 e. The summed E-state index contributed by atoms with van der Waals surface area (Å²) in [6, 6.07) is 13.8. The topological polar surface area (TPSA) is 85.3 Å². The Kier molecular flexibility index (Phi) is 3.89. The number of methoxy groups -OCH3 is 1. The average Bonchev–Trinajstić information content (AvgIpc) is 2.66. The van der Waals surface area contributed by atoms with Gasteiger partial charge in [-0.1, -0.05) is 30.3 Å². The Bertz CT molecular complexity index is 1030. The number of fused-ring (bicyclic) bond motifs is 1. The summed E-state index contributed by atoms with van der Waals surface area (Å²) in [5, 5.41) is 11.7. The van der Waals surface area contributed by atoms with Gasteiger partial charge < -0.3 is 15.2 Å². The minimum absolute atomic E-state index is 0.00601. The molecule has 1 aliphatic heterocycles. The van der Waals surface area contributed by atoms with E-state index in [1.54, 1.807) is 7.11 Å². The number of benzene rings is 2. The Morgan fingerprint density at radius 2 is 2.04 bits per heavy atom. The van der Waals surface area contributed by atoms with Crippen LogP contribution in [-0.2, 0) is 9.53 Å². The molecule has 0 bridgehead atoms. The minimum atomic E-state index is -0.572. The molecule has 0 radical (unpaired) electrons. The molecule has 2 N–H and O–H groups in total. The van der Waals surface area contributed by atoms with Crippen LogP contribution in [-0.4, -0.2) is 12.9 Å². The van der Waals surface area contributed by atoms with E-state index in [4.69, 9.17) is 15.2 Å². The lowest BCUT2D eigenvalue weighted by molar-refractivity contribution is -0.116. The highest BCUT2D eigenvalue weighted by Crippen LogP contribution is 2.48. The highest BCUT2D eigenvalue weighted by molar-refractivity contribution is 6.01. The highest BCUT2D eigenvalue weighted by atomic mass is 16.5. The summed E-state index contributed by atoms with van der Waals surface area (Å²) >= 11 is 0. The third-order valence-electron chi connectivity index (χ3n) is 5.04. The number of rotatable bonds is 2. The van der Waals surface area contributed by atoms with Gasteiger partial charge in [0.05, 0.1) is 13.0 Å². The first-order chi connectivity index (χ1) is 12.7. The molecular formula is C21H18N2O3. The van der Waals surface area contributed by atoms with Crippen molar-refractivity contribution in [2.45, 2.75) is 25.2 Å². The van der Waals surface area contributed by atoms with E-state index in [0.29, 0.717) is 29.9 Å². The summed E-state index contributed by atoms with van der Waals surface area (Å²) in [6.45, 7) is 0. The number of hydrogen-bond donors (Lipinski definition) is 1.